The Balaban J connectivity index is 2.41. The van der Waals surface area contributed by atoms with Gasteiger partial charge in [-0.2, -0.15) is 0 Å². The van der Waals surface area contributed by atoms with Crippen molar-refractivity contribution < 1.29 is 23.5 Å². The van der Waals surface area contributed by atoms with E-state index in [4.69, 9.17) is 0 Å². The van der Waals surface area contributed by atoms with Gasteiger partial charge in [0, 0.05) is 19.4 Å². The minimum absolute atomic E-state index is 0.00758. The first-order valence-electron chi connectivity index (χ1n) is 6.09. The van der Waals surface area contributed by atoms with Gasteiger partial charge in [-0.1, -0.05) is 12.1 Å². The molecule has 106 valence electrons. The summed E-state index contributed by atoms with van der Waals surface area (Å²) in [5.74, 6) is -3.78. The fraction of sp³-hybridized carbons (Fsp3) is 0.357. The first kappa shape index (κ1) is 14.2. The first-order valence-corrected chi connectivity index (χ1v) is 6.09. The van der Waals surface area contributed by atoms with Crippen LogP contribution in [0.15, 0.2) is 24.3 Å². The van der Waals surface area contributed by atoms with E-state index in [1.54, 1.807) is 0 Å². The number of likely N-dealkylation sites (tertiary alicyclic amines) is 1. The van der Waals surface area contributed by atoms with Crippen molar-refractivity contribution in [2.24, 2.45) is 5.92 Å². The van der Waals surface area contributed by atoms with E-state index in [0.29, 0.717) is 5.56 Å². The third-order valence-corrected chi connectivity index (χ3v) is 3.52. The molecule has 1 aliphatic rings. The molecular formula is C14H14FNO4. The second-order valence-corrected chi connectivity index (χ2v) is 4.65. The zero-order valence-electron chi connectivity index (χ0n) is 11.1. The smallest absolute Gasteiger partial charge is 0.318 e. The van der Waals surface area contributed by atoms with Gasteiger partial charge in [0.15, 0.2) is 0 Å². The fourth-order valence-electron chi connectivity index (χ4n) is 2.36. The van der Waals surface area contributed by atoms with Gasteiger partial charge in [-0.05, 0) is 17.7 Å². The van der Waals surface area contributed by atoms with Gasteiger partial charge >= 0.3 is 5.97 Å². The molecule has 0 unspecified atom stereocenters. The molecule has 1 aromatic rings. The van der Waals surface area contributed by atoms with Gasteiger partial charge in [0.25, 0.3) is 0 Å². The zero-order valence-corrected chi connectivity index (χ0v) is 11.1. The molecule has 0 aromatic heterocycles. The van der Waals surface area contributed by atoms with Crippen LogP contribution in [0.3, 0.4) is 0 Å². The van der Waals surface area contributed by atoms with Crippen molar-refractivity contribution in [2.45, 2.75) is 12.3 Å². The molecule has 20 heavy (non-hydrogen) atoms. The van der Waals surface area contributed by atoms with Crippen LogP contribution in [0.5, 0.6) is 0 Å². The molecule has 0 saturated carbocycles. The standard InChI is InChI=1S/C14H14FNO4/c1-16-11(17)7-10(8-3-5-9(15)6-4-8)12(13(16)18)14(19)20-2/h3-6,10,12H,7H2,1-2H3/t10-,12-/m0/s1. The lowest BCUT2D eigenvalue weighted by atomic mass is 9.79. The van der Waals surface area contributed by atoms with Crippen LogP contribution < -0.4 is 0 Å². The Bertz CT molecular complexity index is 555. The summed E-state index contributed by atoms with van der Waals surface area (Å²) in [5, 5.41) is 0. The topological polar surface area (TPSA) is 63.7 Å². The van der Waals surface area contributed by atoms with E-state index < -0.39 is 29.5 Å². The maximum atomic E-state index is 13.0. The van der Waals surface area contributed by atoms with Crippen molar-refractivity contribution in [3.05, 3.63) is 35.6 Å². The molecule has 6 heteroatoms. The molecule has 0 bridgehead atoms. The van der Waals surface area contributed by atoms with Gasteiger partial charge in [-0.3, -0.25) is 19.3 Å². The average Bonchev–Trinajstić information content (AvgIpc) is 2.44. The van der Waals surface area contributed by atoms with Crippen LogP contribution in [0.1, 0.15) is 17.9 Å². The van der Waals surface area contributed by atoms with Gasteiger partial charge in [-0.25, -0.2) is 4.39 Å². The predicted octanol–water partition coefficient (Wildman–Crippen LogP) is 1.09. The van der Waals surface area contributed by atoms with Gasteiger partial charge in [0.1, 0.15) is 11.7 Å². The highest BCUT2D eigenvalue weighted by molar-refractivity contribution is 6.08. The predicted molar refractivity (Wildman–Crippen MR) is 67.0 cm³/mol. The summed E-state index contributed by atoms with van der Waals surface area (Å²) in [6, 6.07) is 5.41. The second kappa shape index (κ2) is 5.40. The summed E-state index contributed by atoms with van der Waals surface area (Å²) >= 11 is 0. The number of hydrogen-bond acceptors (Lipinski definition) is 4. The summed E-state index contributed by atoms with van der Waals surface area (Å²) in [6.45, 7) is 0. The van der Waals surface area contributed by atoms with Gasteiger partial charge in [0.2, 0.25) is 11.8 Å². The van der Waals surface area contributed by atoms with Crippen molar-refractivity contribution in [3.8, 4) is 0 Å². The summed E-state index contributed by atoms with van der Waals surface area (Å²) < 4.78 is 17.6. The number of carbonyl (C=O) groups is 3. The molecule has 2 atom stereocenters. The third-order valence-electron chi connectivity index (χ3n) is 3.52. The number of piperidine rings is 1. The van der Waals surface area contributed by atoms with Crippen molar-refractivity contribution in [1.29, 1.82) is 0 Å². The summed E-state index contributed by atoms with van der Waals surface area (Å²) in [6.07, 6.45) is 0.00758. The lowest BCUT2D eigenvalue weighted by Gasteiger charge is -2.33. The Morgan fingerprint density at radius 1 is 1.30 bits per heavy atom. The lowest BCUT2D eigenvalue weighted by molar-refractivity contribution is -0.160. The molecule has 0 N–H and O–H groups in total. The van der Waals surface area contributed by atoms with Crippen molar-refractivity contribution >= 4 is 17.8 Å². The van der Waals surface area contributed by atoms with E-state index >= 15 is 0 Å². The van der Waals surface area contributed by atoms with E-state index in [1.165, 1.54) is 38.4 Å². The number of amides is 2. The normalized spacial score (nSPS) is 22.9. The first-order chi connectivity index (χ1) is 9.45. The molecule has 5 nitrogen and oxygen atoms in total. The monoisotopic (exact) mass is 279 g/mol. The number of hydrogen-bond donors (Lipinski definition) is 0. The molecule has 1 fully saturated rings. The minimum atomic E-state index is -1.08. The van der Waals surface area contributed by atoms with Crippen LogP contribution >= 0.6 is 0 Å². The minimum Gasteiger partial charge on any atom is -0.468 e. The number of rotatable bonds is 2. The van der Waals surface area contributed by atoms with E-state index in [-0.39, 0.29) is 12.3 Å². The molecule has 0 aliphatic carbocycles. The molecule has 0 spiro atoms. The third kappa shape index (κ3) is 2.41. The molecule has 1 aromatic carbocycles. The van der Waals surface area contributed by atoms with Gasteiger partial charge in [0.05, 0.1) is 7.11 Å². The van der Waals surface area contributed by atoms with Crippen LogP contribution in [-0.4, -0.2) is 36.8 Å². The van der Waals surface area contributed by atoms with E-state index in [0.717, 1.165) is 4.90 Å². The Morgan fingerprint density at radius 2 is 1.90 bits per heavy atom. The molecule has 2 amide bonds. The number of benzene rings is 1. The molecule has 1 saturated heterocycles. The highest BCUT2D eigenvalue weighted by Gasteiger charge is 2.45. The maximum absolute atomic E-state index is 13.0. The quantitative estimate of drug-likeness (QED) is 0.462. The van der Waals surface area contributed by atoms with E-state index in [1.807, 2.05) is 0 Å². The van der Waals surface area contributed by atoms with Gasteiger partial charge < -0.3 is 4.74 Å². The van der Waals surface area contributed by atoms with Crippen molar-refractivity contribution in [3.63, 3.8) is 0 Å². The van der Waals surface area contributed by atoms with Crippen LogP contribution in [0.4, 0.5) is 4.39 Å². The molecule has 1 heterocycles. The zero-order chi connectivity index (χ0) is 14.9. The highest BCUT2D eigenvalue weighted by Crippen LogP contribution is 2.34. The largest absolute Gasteiger partial charge is 0.468 e. The molecule has 0 radical (unpaired) electrons. The fourth-order valence-corrected chi connectivity index (χ4v) is 2.36. The van der Waals surface area contributed by atoms with Gasteiger partial charge in [-0.15, -0.1) is 0 Å². The lowest BCUT2D eigenvalue weighted by Crippen LogP contribution is -2.49. The molecule has 2 rings (SSSR count). The number of methoxy groups -OCH3 is 1. The number of nitrogens with zero attached hydrogens (tertiary/aromatic N) is 1. The Hall–Kier alpha value is -2.24. The molecule has 1 aliphatic heterocycles. The molecular weight excluding hydrogens is 265 g/mol. The van der Waals surface area contributed by atoms with Crippen LogP contribution in [0, 0.1) is 11.7 Å². The van der Waals surface area contributed by atoms with E-state index in [2.05, 4.69) is 4.74 Å². The second-order valence-electron chi connectivity index (χ2n) is 4.65. The van der Waals surface area contributed by atoms with Crippen molar-refractivity contribution in [1.82, 2.24) is 4.90 Å². The summed E-state index contributed by atoms with van der Waals surface area (Å²) in [5.41, 5.74) is 0.566. The average molecular weight is 279 g/mol. The highest BCUT2D eigenvalue weighted by atomic mass is 19.1. The maximum Gasteiger partial charge on any atom is 0.318 e. The number of halogens is 1. The Labute approximate surface area is 115 Å². The van der Waals surface area contributed by atoms with Crippen LogP contribution in [-0.2, 0) is 19.1 Å². The number of ether oxygens (including phenoxy) is 1. The van der Waals surface area contributed by atoms with E-state index in [9.17, 15) is 18.8 Å². The number of carbonyl (C=O) groups excluding carboxylic acids is 3. The van der Waals surface area contributed by atoms with Crippen LogP contribution in [0.25, 0.3) is 0 Å². The summed E-state index contributed by atoms with van der Waals surface area (Å²) in [7, 11) is 2.52. The number of esters is 1. The Morgan fingerprint density at radius 3 is 2.45 bits per heavy atom. The Kier molecular flexibility index (Phi) is 3.83. The number of imide groups is 1. The van der Waals surface area contributed by atoms with Crippen LogP contribution in [0.2, 0.25) is 0 Å². The SMILES string of the molecule is COC(=O)[C@@H]1C(=O)N(C)C(=O)C[C@H]1c1ccc(F)cc1. The summed E-state index contributed by atoms with van der Waals surface area (Å²) in [4.78, 5) is 36.7. The van der Waals surface area contributed by atoms with Crippen molar-refractivity contribution in [2.75, 3.05) is 14.2 Å².